The monoisotopic (exact) mass is 367 g/mol. The predicted octanol–water partition coefficient (Wildman–Crippen LogP) is 3.20. The first kappa shape index (κ1) is 17.2. The summed E-state index contributed by atoms with van der Waals surface area (Å²) >= 11 is 0. The van der Waals surface area contributed by atoms with Gasteiger partial charge in [0, 0.05) is 25.8 Å². The minimum Gasteiger partial charge on any atom is -0.300 e. The molecule has 6 heteroatoms. The molecular weight excluding hydrogens is 338 g/mol. The van der Waals surface area contributed by atoms with E-state index in [1.54, 1.807) is 12.4 Å². The third kappa shape index (κ3) is 3.24. The smallest absolute Gasteiger partial charge is 0.300 e. The minimum absolute atomic E-state index is 0.0502. The molecule has 1 spiro atoms. The Hall–Kier alpha value is -1.95. The molecule has 0 aromatic carbocycles. The van der Waals surface area contributed by atoms with Crippen LogP contribution in [0.15, 0.2) is 29.5 Å². The van der Waals surface area contributed by atoms with Crippen molar-refractivity contribution < 1.29 is 4.79 Å². The second-order valence-electron chi connectivity index (χ2n) is 8.71. The fourth-order valence-corrected chi connectivity index (χ4v) is 5.04. The first-order chi connectivity index (χ1) is 13.2. The van der Waals surface area contributed by atoms with E-state index in [1.165, 1.54) is 32.1 Å². The first-order valence-corrected chi connectivity index (χ1v) is 10.6. The summed E-state index contributed by atoms with van der Waals surface area (Å²) in [4.78, 5) is 26.9. The number of rotatable bonds is 4. The molecule has 3 heterocycles. The lowest BCUT2D eigenvalue weighted by atomic mass is 9.93. The molecule has 0 radical (unpaired) electrons. The zero-order valence-corrected chi connectivity index (χ0v) is 15.9. The van der Waals surface area contributed by atoms with E-state index in [9.17, 15) is 4.79 Å². The number of urea groups is 1. The number of aromatic nitrogens is 1. The molecule has 144 valence electrons. The lowest BCUT2D eigenvalue weighted by Gasteiger charge is -2.34. The highest BCUT2D eigenvalue weighted by molar-refractivity contribution is 6.19. The van der Waals surface area contributed by atoms with E-state index in [2.05, 4.69) is 15.2 Å². The zero-order chi connectivity index (χ0) is 18.3. The maximum atomic E-state index is 13.0. The number of hydrogen-bond donors (Lipinski definition) is 1. The van der Waals surface area contributed by atoms with Crippen molar-refractivity contribution in [2.75, 3.05) is 24.5 Å². The predicted molar refractivity (Wildman–Crippen MR) is 106 cm³/mol. The lowest BCUT2D eigenvalue weighted by molar-refractivity contribution is 0.250. The molecular formula is C21H29N5O. The van der Waals surface area contributed by atoms with Crippen LogP contribution in [-0.4, -0.2) is 53.0 Å². The first-order valence-electron chi connectivity index (χ1n) is 10.6. The number of nitrogens with one attached hydrogen (secondary N) is 1. The molecule has 1 atom stereocenters. The maximum Gasteiger partial charge on any atom is 0.328 e. The average molecular weight is 367 g/mol. The third-order valence-electron chi connectivity index (χ3n) is 6.63. The number of carbonyl (C=O) groups excluding carboxylic acids is 1. The van der Waals surface area contributed by atoms with Crippen molar-refractivity contribution in [1.29, 1.82) is 0 Å². The topological polar surface area (TPSA) is 60.8 Å². The number of anilines is 1. The normalized spacial score (nSPS) is 31.2. The van der Waals surface area contributed by atoms with Crippen molar-refractivity contribution in [3.8, 4) is 0 Å². The summed E-state index contributed by atoms with van der Waals surface area (Å²) in [6.45, 7) is 3.07. The fourth-order valence-electron chi connectivity index (χ4n) is 5.04. The quantitative estimate of drug-likeness (QED) is 0.889. The molecule has 2 saturated carbocycles. The van der Waals surface area contributed by atoms with Crippen LogP contribution in [0.25, 0.3) is 0 Å². The summed E-state index contributed by atoms with van der Waals surface area (Å²) < 4.78 is 0. The summed E-state index contributed by atoms with van der Waals surface area (Å²) in [5.74, 6) is 1.76. The molecule has 27 heavy (non-hydrogen) atoms. The van der Waals surface area contributed by atoms with Gasteiger partial charge in [0.2, 0.25) is 0 Å². The number of pyridine rings is 1. The molecule has 2 amide bonds. The standard InChI is InChI=1S/C21H29N5O/c27-20-24-19(23-17-5-2-1-3-6-17)21(26(20)18-7-4-11-22-13-18)10-12-25(15-21)14-16-8-9-16/h4,7,11,13,16-17H,1-3,5-6,8-10,12,14-15H2,(H,23,24,27). The highest BCUT2D eigenvalue weighted by Gasteiger charge is 2.55. The number of likely N-dealkylation sites (tertiary alicyclic amines) is 1. The van der Waals surface area contributed by atoms with Crippen LogP contribution >= 0.6 is 0 Å². The molecule has 2 saturated heterocycles. The van der Waals surface area contributed by atoms with Crippen molar-refractivity contribution in [1.82, 2.24) is 15.2 Å². The highest BCUT2D eigenvalue weighted by atomic mass is 16.2. The zero-order valence-electron chi connectivity index (χ0n) is 15.9. The van der Waals surface area contributed by atoms with E-state index in [4.69, 9.17) is 4.99 Å². The van der Waals surface area contributed by atoms with Gasteiger partial charge in [0.05, 0.1) is 17.9 Å². The Bertz CT molecular complexity index is 725. The molecule has 1 aromatic heterocycles. The van der Waals surface area contributed by atoms with Gasteiger partial charge >= 0.3 is 6.03 Å². The van der Waals surface area contributed by atoms with Crippen LogP contribution in [0.1, 0.15) is 51.4 Å². The Labute approximate surface area is 161 Å². The number of aliphatic imine (C=N–C) groups is 1. The third-order valence-corrected chi connectivity index (χ3v) is 6.63. The van der Waals surface area contributed by atoms with Gasteiger partial charge < -0.3 is 4.90 Å². The number of nitrogens with zero attached hydrogens (tertiary/aromatic N) is 4. The Morgan fingerprint density at radius 2 is 2.07 bits per heavy atom. The number of amidine groups is 1. The van der Waals surface area contributed by atoms with E-state index < -0.39 is 0 Å². The SMILES string of the molecule is O=C1NC(=NC2CCCCC2)C2(CCN(CC3CC3)C2)N1c1cccnc1. The van der Waals surface area contributed by atoms with Gasteiger partial charge in [-0.15, -0.1) is 0 Å². The highest BCUT2D eigenvalue weighted by Crippen LogP contribution is 2.39. The molecule has 4 fully saturated rings. The molecule has 0 bridgehead atoms. The Balaban J connectivity index is 1.48. The van der Waals surface area contributed by atoms with E-state index in [0.29, 0.717) is 6.04 Å². The van der Waals surface area contributed by atoms with Crippen LogP contribution in [0, 0.1) is 5.92 Å². The molecule has 1 N–H and O–H groups in total. The maximum absolute atomic E-state index is 13.0. The fraction of sp³-hybridized carbons (Fsp3) is 0.667. The Morgan fingerprint density at radius 3 is 2.81 bits per heavy atom. The van der Waals surface area contributed by atoms with E-state index in [0.717, 1.165) is 56.3 Å². The van der Waals surface area contributed by atoms with Crippen molar-refractivity contribution in [2.45, 2.75) is 62.9 Å². The van der Waals surface area contributed by atoms with Gasteiger partial charge in [-0.1, -0.05) is 19.3 Å². The van der Waals surface area contributed by atoms with Gasteiger partial charge in [-0.2, -0.15) is 0 Å². The van der Waals surface area contributed by atoms with Gasteiger partial charge in [0.1, 0.15) is 11.4 Å². The number of carbonyl (C=O) groups is 1. The minimum atomic E-state index is -0.355. The summed E-state index contributed by atoms with van der Waals surface area (Å²) in [6, 6.07) is 4.20. The molecule has 5 rings (SSSR count). The Kier molecular flexibility index (Phi) is 4.38. The summed E-state index contributed by atoms with van der Waals surface area (Å²) in [5.41, 5.74) is 0.518. The summed E-state index contributed by atoms with van der Waals surface area (Å²) in [7, 11) is 0. The van der Waals surface area contributed by atoms with Crippen LogP contribution < -0.4 is 10.2 Å². The summed E-state index contributed by atoms with van der Waals surface area (Å²) in [6.07, 6.45) is 13.3. The molecule has 2 aliphatic heterocycles. The molecule has 1 aromatic rings. The van der Waals surface area contributed by atoms with Crippen LogP contribution in [-0.2, 0) is 0 Å². The van der Waals surface area contributed by atoms with E-state index >= 15 is 0 Å². The lowest BCUT2D eigenvalue weighted by Crippen LogP contribution is -2.52. The van der Waals surface area contributed by atoms with Crippen LogP contribution in [0.4, 0.5) is 10.5 Å². The van der Waals surface area contributed by atoms with Gasteiger partial charge in [-0.25, -0.2) is 4.79 Å². The van der Waals surface area contributed by atoms with Crippen molar-refractivity contribution in [2.24, 2.45) is 10.9 Å². The number of hydrogen-bond acceptors (Lipinski definition) is 4. The van der Waals surface area contributed by atoms with Crippen molar-refractivity contribution >= 4 is 17.6 Å². The van der Waals surface area contributed by atoms with Gasteiger partial charge in [0.25, 0.3) is 0 Å². The van der Waals surface area contributed by atoms with E-state index in [1.807, 2.05) is 17.0 Å². The van der Waals surface area contributed by atoms with Crippen molar-refractivity contribution in [3.05, 3.63) is 24.5 Å². The second kappa shape index (κ2) is 6.89. The average Bonchev–Trinajstić information content (AvgIpc) is 3.35. The summed E-state index contributed by atoms with van der Waals surface area (Å²) in [5, 5.41) is 3.15. The molecule has 6 nitrogen and oxygen atoms in total. The van der Waals surface area contributed by atoms with Crippen LogP contribution in [0.2, 0.25) is 0 Å². The van der Waals surface area contributed by atoms with Crippen LogP contribution in [0.5, 0.6) is 0 Å². The van der Waals surface area contributed by atoms with Gasteiger partial charge in [-0.3, -0.25) is 20.2 Å². The van der Waals surface area contributed by atoms with E-state index in [-0.39, 0.29) is 11.6 Å². The Morgan fingerprint density at radius 1 is 1.22 bits per heavy atom. The molecule has 2 aliphatic carbocycles. The van der Waals surface area contributed by atoms with Crippen LogP contribution in [0.3, 0.4) is 0 Å². The van der Waals surface area contributed by atoms with Gasteiger partial charge in [-0.05, 0) is 50.2 Å². The van der Waals surface area contributed by atoms with Gasteiger partial charge in [0.15, 0.2) is 0 Å². The number of amides is 2. The largest absolute Gasteiger partial charge is 0.328 e. The van der Waals surface area contributed by atoms with Crippen molar-refractivity contribution in [3.63, 3.8) is 0 Å². The second-order valence-corrected chi connectivity index (χ2v) is 8.71. The molecule has 1 unspecified atom stereocenters. The molecule has 4 aliphatic rings.